The molecule has 0 aliphatic heterocycles. The molecule has 0 fully saturated rings. The molecule has 3 aromatic rings. The van der Waals surface area contributed by atoms with Crippen LogP contribution in [0.15, 0.2) is 46.1 Å². The molecular formula is C20H23NO2S2. The van der Waals surface area contributed by atoms with Crippen molar-refractivity contribution in [2.75, 3.05) is 25.4 Å². The van der Waals surface area contributed by atoms with E-state index in [1.54, 1.807) is 23.1 Å². The molecule has 1 aromatic heterocycles. The van der Waals surface area contributed by atoms with Gasteiger partial charge < -0.3 is 10.0 Å². The number of hydrogen-bond donors (Lipinski definition) is 1. The standard InChI is InChI=1S/C20H23NO2S2/c1-3-21(4-2)11-12-24-17-10-9-14(13-22)20-18(17)19(23)15-7-5-6-8-16(15)25-20/h5-10,22H,3-4,11-13H2,1-2H3. The number of nitrogens with zero attached hydrogens (tertiary/aromatic N) is 1. The van der Waals surface area contributed by atoms with E-state index in [-0.39, 0.29) is 12.0 Å². The van der Waals surface area contributed by atoms with Crippen molar-refractivity contribution in [2.24, 2.45) is 0 Å². The van der Waals surface area contributed by atoms with Crippen LogP contribution in [0.2, 0.25) is 0 Å². The predicted molar refractivity (Wildman–Crippen MR) is 110 cm³/mol. The van der Waals surface area contributed by atoms with E-state index in [2.05, 4.69) is 18.7 Å². The molecule has 0 radical (unpaired) electrons. The topological polar surface area (TPSA) is 40.5 Å². The molecule has 1 N–H and O–H groups in total. The molecule has 0 spiro atoms. The van der Waals surface area contributed by atoms with E-state index in [0.717, 1.165) is 56.0 Å². The summed E-state index contributed by atoms with van der Waals surface area (Å²) >= 11 is 3.33. The number of hydrogen-bond acceptors (Lipinski definition) is 5. The summed E-state index contributed by atoms with van der Waals surface area (Å²) in [5.41, 5.74) is 0.904. The lowest BCUT2D eigenvalue weighted by molar-refractivity contribution is 0.283. The Hall–Kier alpha value is -1.40. The summed E-state index contributed by atoms with van der Waals surface area (Å²) in [4.78, 5) is 16.5. The Labute approximate surface area is 156 Å². The zero-order valence-electron chi connectivity index (χ0n) is 14.6. The van der Waals surface area contributed by atoms with Gasteiger partial charge >= 0.3 is 0 Å². The minimum Gasteiger partial charge on any atom is -0.392 e. The average molecular weight is 374 g/mol. The van der Waals surface area contributed by atoms with Gasteiger partial charge in [0.25, 0.3) is 0 Å². The summed E-state index contributed by atoms with van der Waals surface area (Å²) in [6.45, 7) is 7.38. The van der Waals surface area contributed by atoms with Crippen molar-refractivity contribution in [1.29, 1.82) is 0 Å². The van der Waals surface area contributed by atoms with Gasteiger partial charge in [-0.15, -0.1) is 23.1 Å². The van der Waals surface area contributed by atoms with Crippen LogP contribution in [0.25, 0.3) is 20.2 Å². The molecule has 0 atom stereocenters. The molecule has 5 heteroatoms. The molecular weight excluding hydrogens is 350 g/mol. The highest BCUT2D eigenvalue weighted by Gasteiger charge is 2.14. The fourth-order valence-electron chi connectivity index (χ4n) is 3.00. The van der Waals surface area contributed by atoms with Crippen LogP contribution in [0.5, 0.6) is 0 Å². The van der Waals surface area contributed by atoms with Gasteiger partial charge in [-0.3, -0.25) is 4.79 Å². The predicted octanol–water partition coefficient (Wildman–Crippen LogP) is 4.34. The maximum absolute atomic E-state index is 13.1. The molecule has 1 heterocycles. The van der Waals surface area contributed by atoms with E-state index in [1.165, 1.54) is 0 Å². The van der Waals surface area contributed by atoms with E-state index in [9.17, 15) is 9.90 Å². The third kappa shape index (κ3) is 3.75. The van der Waals surface area contributed by atoms with Crippen LogP contribution in [0, 0.1) is 0 Å². The maximum Gasteiger partial charge on any atom is 0.197 e. The van der Waals surface area contributed by atoms with Crippen molar-refractivity contribution in [2.45, 2.75) is 25.3 Å². The molecule has 0 saturated carbocycles. The minimum atomic E-state index is -0.0465. The van der Waals surface area contributed by atoms with Crippen molar-refractivity contribution >= 4 is 43.3 Å². The molecule has 0 aliphatic carbocycles. The lowest BCUT2D eigenvalue weighted by Gasteiger charge is -2.17. The highest BCUT2D eigenvalue weighted by Crippen LogP contribution is 2.34. The largest absolute Gasteiger partial charge is 0.392 e. The minimum absolute atomic E-state index is 0.0465. The molecule has 3 nitrogen and oxygen atoms in total. The highest BCUT2D eigenvalue weighted by atomic mass is 32.2. The van der Waals surface area contributed by atoms with Gasteiger partial charge in [0.1, 0.15) is 0 Å². The fourth-order valence-corrected chi connectivity index (χ4v) is 5.34. The van der Waals surface area contributed by atoms with Gasteiger partial charge in [-0.25, -0.2) is 0 Å². The van der Waals surface area contributed by atoms with E-state index < -0.39 is 0 Å². The number of fused-ring (bicyclic) bond motifs is 2. The number of aliphatic hydroxyl groups excluding tert-OH is 1. The summed E-state index contributed by atoms with van der Waals surface area (Å²) in [6, 6.07) is 11.7. The second-order valence-electron chi connectivity index (χ2n) is 5.89. The van der Waals surface area contributed by atoms with Gasteiger partial charge in [-0.2, -0.15) is 0 Å². The first-order valence-corrected chi connectivity index (χ1v) is 10.4. The van der Waals surface area contributed by atoms with Crippen LogP contribution in [-0.2, 0) is 6.61 Å². The molecule has 0 saturated heterocycles. The number of rotatable bonds is 7. The normalized spacial score (nSPS) is 11.7. The van der Waals surface area contributed by atoms with Crippen LogP contribution in [0.4, 0.5) is 0 Å². The van der Waals surface area contributed by atoms with Crippen LogP contribution >= 0.6 is 23.1 Å². The number of benzene rings is 2. The Morgan fingerprint density at radius 2 is 1.88 bits per heavy atom. The van der Waals surface area contributed by atoms with E-state index in [1.807, 2.05) is 36.4 Å². The van der Waals surface area contributed by atoms with Crippen LogP contribution < -0.4 is 5.43 Å². The molecule has 3 rings (SSSR count). The summed E-state index contributed by atoms with van der Waals surface area (Å²) in [7, 11) is 0. The average Bonchev–Trinajstić information content (AvgIpc) is 2.65. The third-order valence-corrected chi connectivity index (χ3v) is 6.79. The number of aliphatic hydroxyl groups is 1. The van der Waals surface area contributed by atoms with Gasteiger partial charge in [0, 0.05) is 32.0 Å². The van der Waals surface area contributed by atoms with Crippen molar-refractivity contribution in [3.05, 3.63) is 52.2 Å². The van der Waals surface area contributed by atoms with Gasteiger partial charge in [-0.1, -0.05) is 32.0 Å². The molecule has 132 valence electrons. The summed E-state index contributed by atoms with van der Waals surface area (Å²) in [5.74, 6) is 0.951. The first-order chi connectivity index (χ1) is 12.2. The number of thioether (sulfide) groups is 1. The monoisotopic (exact) mass is 373 g/mol. The summed E-state index contributed by atoms with van der Waals surface area (Å²) in [5, 5.41) is 11.2. The first-order valence-electron chi connectivity index (χ1n) is 8.63. The SMILES string of the molecule is CCN(CC)CCSc1ccc(CO)c2sc3ccccc3c(=O)c12. The lowest BCUT2D eigenvalue weighted by Crippen LogP contribution is -2.25. The fraction of sp³-hybridized carbons (Fsp3) is 0.350. The van der Waals surface area contributed by atoms with Crippen LogP contribution in [0.1, 0.15) is 19.4 Å². The van der Waals surface area contributed by atoms with Crippen molar-refractivity contribution < 1.29 is 5.11 Å². The maximum atomic E-state index is 13.1. The molecule has 0 aliphatic rings. The first kappa shape index (κ1) is 18.4. The quantitative estimate of drug-likeness (QED) is 0.494. The Bertz CT molecular complexity index is 932. The zero-order valence-corrected chi connectivity index (χ0v) is 16.3. The van der Waals surface area contributed by atoms with Crippen molar-refractivity contribution in [1.82, 2.24) is 4.90 Å². The van der Waals surface area contributed by atoms with Gasteiger partial charge in [0.15, 0.2) is 5.43 Å². The van der Waals surface area contributed by atoms with Crippen molar-refractivity contribution in [3.63, 3.8) is 0 Å². The third-order valence-electron chi connectivity index (χ3n) is 4.50. The van der Waals surface area contributed by atoms with E-state index in [0.29, 0.717) is 0 Å². The summed E-state index contributed by atoms with van der Waals surface area (Å²) in [6.07, 6.45) is 0. The lowest BCUT2D eigenvalue weighted by atomic mass is 10.1. The smallest absolute Gasteiger partial charge is 0.197 e. The van der Waals surface area contributed by atoms with Gasteiger partial charge in [0.05, 0.1) is 12.0 Å². The van der Waals surface area contributed by atoms with E-state index in [4.69, 9.17) is 0 Å². The molecule has 0 bridgehead atoms. The molecule has 2 aromatic carbocycles. The van der Waals surface area contributed by atoms with Gasteiger partial charge in [-0.05, 0) is 36.9 Å². The molecule has 0 amide bonds. The Morgan fingerprint density at radius 1 is 1.12 bits per heavy atom. The molecule has 25 heavy (non-hydrogen) atoms. The van der Waals surface area contributed by atoms with E-state index >= 15 is 0 Å². The second kappa shape index (κ2) is 8.32. The van der Waals surface area contributed by atoms with Crippen LogP contribution in [-0.4, -0.2) is 35.4 Å². The zero-order chi connectivity index (χ0) is 17.8. The Kier molecular flexibility index (Phi) is 6.12. The summed E-state index contributed by atoms with van der Waals surface area (Å²) < 4.78 is 1.89. The Morgan fingerprint density at radius 3 is 2.60 bits per heavy atom. The Balaban J connectivity index is 2.07. The van der Waals surface area contributed by atoms with Crippen molar-refractivity contribution in [3.8, 4) is 0 Å². The molecule has 0 unspecified atom stereocenters. The second-order valence-corrected chi connectivity index (χ2v) is 8.08. The van der Waals surface area contributed by atoms with Crippen LogP contribution in [0.3, 0.4) is 0 Å². The highest BCUT2D eigenvalue weighted by molar-refractivity contribution is 7.99. The van der Waals surface area contributed by atoms with Gasteiger partial charge in [0.2, 0.25) is 0 Å².